The van der Waals surface area contributed by atoms with Crippen molar-refractivity contribution in [2.24, 2.45) is 5.73 Å². The Labute approximate surface area is 205 Å². The molecule has 1 aliphatic heterocycles. The number of nitrogen functional groups attached to an aromatic ring is 1. The summed E-state index contributed by atoms with van der Waals surface area (Å²) in [6.45, 7) is 3.76. The molecule has 0 amide bonds. The second kappa shape index (κ2) is 13.0. The van der Waals surface area contributed by atoms with E-state index in [-0.39, 0.29) is 10.7 Å². The molecule has 1 atom stereocenters. The zero-order chi connectivity index (χ0) is 26.0. The van der Waals surface area contributed by atoms with Gasteiger partial charge in [-0.05, 0) is 48.5 Å². The van der Waals surface area contributed by atoms with Crippen molar-refractivity contribution in [1.29, 1.82) is 5.41 Å². The number of nitrogens with two attached hydrogens (primary N) is 1. The molecular formula is C23H33N5O6S. The molecule has 0 radical (unpaired) electrons. The lowest BCUT2D eigenvalue weighted by atomic mass is 10.2. The summed E-state index contributed by atoms with van der Waals surface area (Å²) in [7, 11) is -2.00. The van der Waals surface area contributed by atoms with Gasteiger partial charge in [0.2, 0.25) is 10.0 Å². The van der Waals surface area contributed by atoms with Gasteiger partial charge < -0.3 is 26.0 Å². The van der Waals surface area contributed by atoms with E-state index in [2.05, 4.69) is 10.2 Å². The summed E-state index contributed by atoms with van der Waals surface area (Å²) < 4.78 is 32.2. The number of methoxy groups -OCH3 is 1. The van der Waals surface area contributed by atoms with Gasteiger partial charge in [-0.1, -0.05) is 0 Å². The molecule has 6 N–H and O–H groups in total. The molecule has 0 saturated carbocycles. The molecule has 35 heavy (non-hydrogen) atoms. The molecule has 1 saturated heterocycles. The maximum atomic E-state index is 12.8. The van der Waals surface area contributed by atoms with Crippen LogP contribution in [0, 0.1) is 5.41 Å². The van der Waals surface area contributed by atoms with E-state index in [0.29, 0.717) is 50.6 Å². The first-order chi connectivity index (χ1) is 16.5. The summed E-state index contributed by atoms with van der Waals surface area (Å²) >= 11 is 0. The standard InChI is InChI=1S/C21H29N5O4S.C2H4O2/c1-30-19-6-8-20(9-7-19)31(28,29)26-12-10-25(11-13-26)15-18(27)14-24-17-4-2-16(3-5-17)21(22)23;1-2(3)4/h2-9,18,24,27H,10-15H2,1H3,(H3,22,23);1H3,(H,3,4). The second-order valence-electron chi connectivity index (χ2n) is 7.92. The number of carbonyl (C=O) groups is 1. The van der Waals surface area contributed by atoms with E-state index in [0.717, 1.165) is 12.6 Å². The highest BCUT2D eigenvalue weighted by atomic mass is 32.2. The molecule has 11 nitrogen and oxygen atoms in total. The van der Waals surface area contributed by atoms with Gasteiger partial charge in [-0.25, -0.2) is 8.42 Å². The van der Waals surface area contributed by atoms with Crippen molar-refractivity contribution in [3.63, 3.8) is 0 Å². The van der Waals surface area contributed by atoms with Crippen LogP contribution in [0.15, 0.2) is 53.4 Å². The summed E-state index contributed by atoms with van der Waals surface area (Å²) in [5, 5.41) is 28.3. The number of nitrogens with one attached hydrogen (secondary N) is 2. The third-order valence-corrected chi connectivity index (χ3v) is 7.15. The van der Waals surface area contributed by atoms with Crippen LogP contribution in [0.2, 0.25) is 0 Å². The second-order valence-corrected chi connectivity index (χ2v) is 9.86. The van der Waals surface area contributed by atoms with Crippen molar-refractivity contribution < 1.29 is 28.2 Å². The van der Waals surface area contributed by atoms with Gasteiger partial charge in [-0.3, -0.25) is 15.1 Å². The number of ether oxygens (including phenoxy) is 1. The third-order valence-electron chi connectivity index (χ3n) is 5.24. The van der Waals surface area contributed by atoms with Crippen molar-refractivity contribution in [1.82, 2.24) is 9.21 Å². The molecule has 1 aliphatic rings. The van der Waals surface area contributed by atoms with Crippen LogP contribution in [-0.4, -0.2) is 92.1 Å². The Morgan fingerprint density at radius 3 is 2.14 bits per heavy atom. The lowest BCUT2D eigenvalue weighted by molar-refractivity contribution is -0.134. The molecule has 192 valence electrons. The molecule has 1 unspecified atom stereocenters. The number of carboxylic acids is 1. The van der Waals surface area contributed by atoms with Crippen LogP contribution in [0.25, 0.3) is 0 Å². The number of amidine groups is 1. The van der Waals surface area contributed by atoms with Crippen molar-refractivity contribution in [2.45, 2.75) is 17.9 Å². The average Bonchev–Trinajstić information content (AvgIpc) is 2.83. The number of hydrogen-bond acceptors (Lipinski definition) is 8. The molecule has 1 heterocycles. The molecule has 2 aromatic rings. The molecule has 0 bridgehead atoms. The quantitative estimate of drug-likeness (QED) is 0.244. The van der Waals surface area contributed by atoms with Crippen LogP contribution < -0.4 is 15.8 Å². The summed E-state index contributed by atoms with van der Waals surface area (Å²) in [5.41, 5.74) is 6.92. The Kier molecular flexibility index (Phi) is 10.5. The number of aliphatic carboxylic acids is 1. The topological polar surface area (TPSA) is 169 Å². The maximum absolute atomic E-state index is 12.8. The van der Waals surface area contributed by atoms with E-state index in [1.165, 1.54) is 11.4 Å². The summed E-state index contributed by atoms with van der Waals surface area (Å²) in [6, 6.07) is 13.5. The molecule has 2 aromatic carbocycles. The Morgan fingerprint density at radius 2 is 1.66 bits per heavy atom. The minimum atomic E-state index is -3.54. The first-order valence-electron chi connectivity index (χ1n) is 11.0. The molecule has 3 rings (SSSR count). The fraction of sp³-hybridized carbons (Fsp3) is 0.391. The number of hydrogen-bond donors (Lipinski definition) is 5. The number of β-amino-alcohol motifs (C(OH)–C–C–N with tert-alkyl or cyclic N) is 1. The number of carboxylic acid groups (broad SMARTS) is 1. The SMILES string of the molecule is CC(=O)O.COc1ccc(S(=O)(=O)N2CCN(CC(O)CNc3ccc(C(=N)N)cc3)CC2)cc1. The van der Waals surface area contributed by atoms with Gasteiger partial charge in [0.15, 0.2) is 0 Å². The lowest BCUT2D eigenvalue weighted by Crippen LogP contribution is -2.50. The van der Waals surface area contributed by atoms with Crippen molar-refractivity contribution in [3.05, 3.63) is 54.1 Å². The zero-order valence-corrected chi connectivity index (χ0v) is 20.7. The van der Waals surface area contributed by atoms with Crippen molar-refractivity contribution >= 4 is 27.5 Å². The van der Waals surface area contributed by atoms with Gasteiger partial charge in [0.1, 0.15) is 11.6 Å². The van der Waals surface area contributed by atoms with Gasteiger partial charge in [0.05, 0.1) is 18.1 Å². The van der Waals surface area contributed by atoms with Crippen LogP contribution >= 0.6 is 0 Å². The Balaban J connectivity index is 0.00000100. The predicted octanol–water partition coefficient (Wildman–Crippen LogP) is 0.849. The number of aliphatic hydroxyl groups is 1. The van der Waals surface area contributed by atoms with E-state index in [1.807, 2.05) is 12.1 Å². The number of benzene rings is 2. The Morgan fingerprint density at radius 1 is 1.11 bits per heavy atom. The van der Waals surface area contributed by atoms with Gasteiger partial charge in [0, 0.05) is 57.4 Å². The molecule has 1 fully saturated rings. The number of nitrogens with zero attached hydrogens (tertiary/aromatic N) is 2. The summed E-state index contributed by atoms with van der Waals surface area (Å²) in [6.07, 6.45) is -0.600. The van der Waals surface area contributed by atoms with Crippen LogP contribution in [0.4, 0.5) is 5.69 Å². The number of rotatable bonds is 9. The smallest absolute Gasteiger partial charge is 0.300 e. The van der Waals surface area contributed by atoms with Gasteiger partial charge in [-0.2, -0.15) is 4.31 Å². The highest BCUT2D eigenvalue weighted by molar-refractivity contribution is 7.89. The molecule has 12 heteroatoms. The minimum Gasteiger partial charge on any atom is -0.497 e. The number of anilines is 1. The van der Waals surface area contributed by atoms with Gasteiger partial charge in [0.25, 0.3) is 5.97 Å². The van der Waals surface area contributed by atoms with E-state index < -0.39 is 22.1 Å². The van der Waals surface area contributed by atoms with Gasteiger partial charge >= 0.3 is 0 Å². The zero-order valence-electron chi connectivity index (χ0n) is 19.8. The predicted molar refractivity (Wildman–Crippen MR) is 133 cm³/mol. The van der Waals surface area contributed by atoms with Crippen molar-refractivity contribution in [3.8, 4) is 5.75 Å². The maximum Gasteiger partial charge on any atom is 0.300 e. The van der Waals surface area contributed by atoms with Crippen LogP contribution in [0.3, 0.4) is 0 Å². The first kappa shape index (κ1) is 28.1. The summed E-state index contributed by atoms with van der Waals surface area (Å²) in [4.78, 5) is 11.3. The fourth-order valence-corrected chi connectivity index (χ4v) is 4.84. The normalized spacial score (nSPS) is 15.4. The Hall–Kier alpha value is -3.19. The Bertz CT molecular complexity index is 1060. The number of sulfonamides is 1. The van der Waals surface area contributed by atoms with Crippen LogP contribution in [0.1, 0.15) is 12.5 Å². The average molecular weight is 508 g/mol. The largest absolute Gasteiger partial charge is 0.497 e. The van der Waals surface area contributed by atoms with E-state index in [9.17, 15) is 13.5 Å². The lowest BCUT2D eigenvalue weighted by Gasteiger charge is -2.35. The van der Waals surface area contributed by atoms with Crippen molar-refractivity contribution in [2.75, 3.05) is 51.7 Å². The molecule has 0 aromatic heterocycles. The molecular weight excluding hydrogens is 474 g/mol. The van der Waals surface area contributed by atoms with E-state index >= 15 is 0 Å². The molecule has 0 spiro atoms. The number of piperazine rings is 1. The minimum absolute atomic E-state index is 0.0136. The first-order valence-corrected chi connectivity index (χ1v) is 12.4. The van der Waals surface area contributed by atoms with E-state index in [1.54, 1.807) is 36.4 Å². The highest BCUT2D eigenvalue weighted by Gasteiger charge is 2.29. The van der Waals surface area contributed by atoms with Crippen LogP contribution in [0.5, 0.6) is 5.75 Å². The van der Waals surface area contributed by atoms with E-state index in [4.69, 9.17) is 25.8 Å². The third kappa shape index (κ3) is 8.83. The van der Waals surface area contributed by atoms with Crippen LogP contribution in [-0.2, 0) is 14.8 Å². The molecule has 0 aliphatic carbocycles. The highest BCUT2D eigenvalue weighted by Crippen LogP contribution is 2.20. The van der Waals surface area contributed by atoms with Gasteiger partial charge in [-0.15, -0.1) is 0 Å². The summed E-state index contributed by atoms with van der Waals surface area (Å²) in [5.74, 6) is -0.208. The fourth-order valence-electron chi connectivity index (χ4n) is 3.42. The number of aliphatic hydroxyl groups excluding tert-OH is 1. The monoisotopic (exact) mass is 507 g/mol.